The second-order valence-electron chi connectivity index (χ2n) is 12.6. The smallest absolute Gasteiger partial charge is 0.278 e. The Hall–Kier alpha value is -4.04. The third-order valence-corrected chi connectivity index (χ3v) is 9.70. The highest BCUT2D eigenvalue weighted by Crippen LogP contribution is 2.49. The van der Waals surface area contributed by atoms with Gasteiger partial charge in [-0.2, -0.15) is 5.26 Å². The van der Waals surface area contributed by atoms with Gasteiger partial charge in [0.25, 0.3) is 5.92 Å². The van der Waals surface area contributed by atoms with Crippen molar-refractivity contribution in [2.45, 2.75) is 82.3 Å². The van der Waals surface area contributed by atoms with Gasteiger partial charge in [0, 0.05) is 36.2 Å². The normalized spacial score (nSPS) is 24.6. The molecule has 228 valence electrons. The summed E-state index contributed by atoms with van der Waals surface area (Å²) in [6.45, 7) is 3.99. The predicted molar refractivity (Wildman–Crippen MR) is 159 cm³/mol. The topological polar surface area (TPSA) is 95.5 Å². The standard InChI is InChI=1S/C33H35F3N8/c1-21-26-6-4-7-28(29(26)34)33(35,36)23-8-13-43(14-9-23)17-25-18-44(42-41-25)12-3-2-5-22-15-24(32(19-37)10-11-32)16-27-30(22)38-20-39-31(27)40-21/h4,6-7,15-16,18,20-21,23H,2-3,5,8-14,17H2,1H3,(H,38,39,40)/t21-/m1/s1. The Morgan fingerprint density at radius 2 is 1.89 bits per heavy atom. The number of hydrogen-bond donors (Lipinski definition) is 1. The van der Waals surface area contributed by atoms with Crippen molar-refractivity contribution in [2.75, 3.05) is 18.4 Å². The van der Waals surface area contributed by atoms with Crippen LogP contribution >= 0.6 is 0 Å². The van der Waals surface area contributed by atoms with Gasteiger partial charge in [-0.3, -0.25) is 9.58 Å². The molecule has 8 rings (SSSR count). The van der Waals surface area contributed by atoms with Crippen molar-refractivity contribution in [3.63, 3.8) is 0 Å². The lowest BCUT2D eigenvalue weighted by molar-refractivity contribution is -0.0886. The molecular weight excluding hydrogens is 565 g/mol. The number of piperidine rings is 1. The summed E-state index contributed by atoms with van der Waals surface area (Å²) in [5.41, 5.74) is 2.61. The molecule has 1 atom stereocenters. The van der Waals surface area contributed by atoms with E-state index in [0.717, 1.165) is 59.8 Å². The first-order valence-electron chi connectivity index (χ1n) is 15.5. The molecule has 1 N–H and O–H groups in total. The van der Waals surface area contributed by atoms with E-state index < -0.39 is 34.7 Å². The van der Waals surface area contributed by atoms with Gasteiger partial charge < -0.3 is 5.32 Å². The Bertz CT molecular complexity index is 1730. The number of rotatable bonds is 1. The molecule has 11 heteroatoms. The van der Waals surface area contributed by atoms with Crippen molar-refractivity contribution >= 4 is 16.7 Å². The van der Waals surface area contributed by atoms with Crippen LogP contribution in [0.5, 0.6) is 0 Å². The quantitative estimate of drug-likeness (QED) is 0.269. The minimum Gasteiger partial charge on any atom is -0.363 e. The van der Waals surface area contributed by atoms with Gasteiger partial charge in [0.05, 0.1) is 34.3 Å². The lowest BCUT2D eigenvalue weighted by Gasteiger charge is -2.36. The monoisotopic (exact) mass is 600 g/mol. The Balaban J connectivity index is 1.29. The van der Waals surface area contributed by atoms with Crippen LogP contribution in [0.25, 0.3) is 10.9 Å². The average molecular weight is 601 g/mol. The molecule has 2 aromatic heterocycles. The first kappa shape index (κ1) is 28.7. The number of aromatic nitrogens is 5. The Labute approximate surface area is 254 Å². The first-order chi connectivity index (χ1) is 21.3. The molecular formula is C33H35F3N8. The van der Waals surface area contributed by atoms with Crippen LogP contribution in [0.3, 0.4) is 0 Å². The SMILES string of the molecule is C[C@H]1Nc2ncnc3c(cc(C4(C#N)CC4)cc23)CCCCn2cc(nn2)CN2CCC(CC2)C(F)(F)c2cccc1c2F. The second kappa shape index (κ2) is 11.1. The maximum atomic E-state index is 16.0. The molecule has 10 bridgehead atoms. The molecule has 0 amide bonds. The molecule has 2 aromatic carbocycles. The number of alkyl halides is 2. The van der Waals surface area contributed by atoms with E-state index in [1.165, 1.54) is 18.5 Å². The zero-order valence-electron chi connectivity index (χ0n) is 24.7. The predicted octanol–water partition coefficient (Wildman–Crippen LogP) is 6.43. The molecule has 1 saturated heterocycles. The van der Waals surface area contributed by atoms with Crippen LogP contribution < -0.4 is 5.32 Å². The second-order valence-corrected chi connectivity index (χ2v) is 12.6. The largest absolute Gasteiger partial charge is 0.363 e. The van der Waals surface area contributed by atoms with Crippen LogP contribution in [0.15, 0.2) is 42.9 Å². The fourth-order valence-corrected chi connectivity index (χ4v) is 6.85. The molecule has 44 heavy (non-hydrogen) atoms. The molecule has 0 spiro atoms. The first-order valence-corrected chi connectivity index (χ1v) is 15.5. The van der Waals surface area contributed by atoms with Crippen molar-refractivity contribution < 1.29 is 13.2 Å². The fraction of sp³-hybridized carbons (Fsp3) is 0.485. The van der Waals surface area contributed by atoms with Crippen molar-refractivity contribution in [2.24, 2.45) is 5.92 Å². The number of halogens is 3. The molecule has 2 fully saturated rings. The summed E-state index contributed by atoms with van der Waals surface area (Å²) in [5.74, 6) is -4.67. The Kier molecular flexibility index (Phi) is 7.28. The van der Waals surface area contributed by atoms with Crippen molar-refractivity contribution in [1.29, 1.82) is 5.26 Å². The van der Waals surface area contributed by atoms with Gasteiger partial charge in [-0.1, -0.05) is 29.5 Å². The molecule has 3 aliphatic heterocycles. The highest BCUT2D eigenvalue weighted by atomic mass is 19.3. The number of anilines is 1. The molecule has 0 unspecified atom stereocenters. The summed E-state index contributed by atoms with van der Waals surface area (Å²) >= 11 is 0. The number of hydrogen-bond acceptors (Lipinski definition) is 7. The van der Waals surface area contributed by atoms with Gasteiger partial charge in [-0.05, 0) is 82.2 Å². The van der Waals surface area contributed by atoms with Gasteiger partial charge in [0.1, 0.15) is 18.0 Å². The zero-order valence-corrected chi connectivity index (χ0v) is 24.7. The minimum absolute atomic E-state index is 0.156. The van der Waals surface area contributed by atoms with Crippen LogP contribution in [-0.4, -0.2) is 43.0 Å². The number of nitrogens with one attached hydrogen (secondary N) is 1. The lowest BCUT2D eigenvalue weighted by atomic mass is 9.85. The average Bonchev–Trinajstić information content (AvgIpc) is 3.71. The summed E-state index contributed by atoms with van der Waals surface area (Å²) in [5, 5.41) is 22.6. The van der Waals surface area contributed by atoms with Crippen molar-refractivity contribution in [1.82, 2.24) is 29.9 Å². The van der Waals surface area contributed by atoms with Crippen molar-refractivity contribution in [3.8, 4) is 6.07 Å². The van der Waals surface area contributed by atoms with Gasteiger partial charge >= 0.3 is 0 Å². The maximum Gasteiger partial charge on any atom is 0.278 e. The number of fused-ring (bicyclic) bond motifs is 6. The van der Waals surface area contributed by atoms with E-state index in [1.54, 1.807) is 13.0 Å². The van der Waals surface area contributed by atoms with Crippen LogP contribution in [0.4, 0.5) is 19.0 Å². The van der Waals surface area contributed by atoms with Crippen LogP contribution in [0, 0.1) is 23.1 Å². The van der Waals surface area contributed by atoms with Gasteiger partial charge in [0.2, 0.25) is 0 Å². The highest BCUT2D eigenvalue weighted by molar-refractivity contribution is 5.92. The van der Waals surface area contributed by atoms with E-state index in [2.05, 4.69) is 42.6 Å². The summed E-state index contributed by atoms with van der Waals surface area (Å²) in [7, 11) is 0. The molecule has 8 nitrogen and oxygen atoms in total. The van der Waals surface area contributed by atoms with Crippen molar-refractivity contribution in [3.05, 3.63) is 76.6 Å². The number of aryl methyl sites for hydroxylation is 2. The van der Waals surface area contributed by atoms with Gasteiger partial charge in [-0.25, -0.2) is 23.1 Å². The summed E-state index contributed by atoms with van der Waals surface area (Å²) in [4.78, 5) is 11.2. The lowest BCUT2D eigenvalue weighted by Crippen LogP contribution is -2.39. The molecule has 4 aliphatic rings. The van der Waals surface area contributed by atoms with Crippen LogP contribution in [0.2, 0.25) is 0 Å². The van der Waals surface area contributed by atoms with E-state index in [9.17, 15) is 5.26 Å². The van der Waals surface area contributed by atoms with E-state index >= 15 is 13.2 Å². The van der Waals surface area contributed by atoms with Gasteiger partial charge in [-0.15, -0.1) is 5.10 Å². The molecule has 1 saturated carbocycles. The minimum atomic E-state index is -3.31. The number of nitrogens with zero attached hydrogens (tertiary/aromatic N) is 7. The van der Waals surface area contributed by atoms with Crippen LogP contribution in [0.1, 0.15) is 79.4 Å². The summed E-state index contributed by atoms with van der Waals surface area (Å²) in [6, 6.07) is 10.2. The maximum absolute atomic E-state index is 16.0. The zero-order chi connectivity index (χ0) is 30.5. The Morgan fingerprint density at radius 1 is 1.07 bits per heavy atom. The molecule has 1 aliphatic carbocycles. The van der Waals surface area contributed by atoms with Gasteiger partial charge in [0.15, 0.2) is 0 Å². The molecule has 5 heterocycles. The molecule has 0 radical (unpaired) electrons. The van der Waals surface area contributed by atoms with Crippen LogP contribution in [-0.2, 0) is 30.8 Å². The highest BCUT2D eigenvalue weighted by Gasteiger charge is 2.46. The summed E-state index contributed by atoms with van der Waals surface area (Å²) < 4.78 is 49.7. The van der Waals surface area contributed by atoms with E-state index in [1.807, 2.05) is 16.9 Å². The van der Waals surface area contributed by atoms with E-state index in [4.69, 9.17) is 0 Å². The fourth-order valence-electron chi connectivity index (χ4n) is 6.85. The third-order valence-electron chi connectivity index (χ3n) is 9.70. The summed E-state index contributed by atoms with van der Waals surface area (Å²) in [6.07, 6.45) is 8.03. The Morgan fingerprint density at radius 3 is 2.66 bits per heavy atom. The van der Waals surface area contributed by atoms with E-state index in [0.29, 0.717) is 32.0 Å². The number of nitriles is 1. The van der Waals surface area contributed by atoms with E-state index in [-0.39, 0.29) is 18.4 Å². The number of benzene rings is 2. The third kappa shape index (κ3) is 5.19. The molecule has 4 aromatic rings.